The van der Waals surface area contributed by atoms with Gasteiger partial charge in [-0.15, -0.1) is 0 Å². The highest BCUT2D eigenvalue weighted by Gasteiger charge is 2.33. The number of nitrogens with one attached hydrogen (secondary N) is 2. The Hall–Kier alpha value is -1.57. The molecule has 2 N–H and O–H groups in total. The highest BCUT2D eigenvalue weighted by molar-refractivity contribution is 5.43. The molecule has 0 unspecified atom stereocenters. The molecule has 5 nitrogen and oxygen atoms in total. The summed E-state index contributed by atoms with van der Waals surface area (Å²) in [5, 5.41) is 5.53. The number of alkyl halides is 3. The monoisotopic (exact) mass is 276 g/mol. The van der Waals surface area contributed by atoms with Crippen molar-refractivity contribution in [3.05, 3.63) is 11.8 Å². The van der Waals surface area contributed by atoms with E-state index >= 15 is 0 Å². The van der Waals surface area contributed by atoms with E-state index in [2.05, 4.69) is 20.6 Å². The van der Waals surface area contributed by atoms with E-state index in [0.717, 1.165) is 18.9 Å². The van der Waals surface area contributed by atoms with E-state index in [9.17, 15) is 13.2 Å². The number of hydrogen-bond donors (Lipinski definition) is 2. The summed E-state index contributed by atoms with van der Waals surface area (Å²) in [5.41, 5.74) is -0.957. The molecule has 0 radical (unpaired) electrons. The van der Waals surface area contributed by atoms with Crippen LogP contribution in [0.4, 0.5) is 24.9 Å². The Balaban J connectivity index is 2.19. The van der Waals surface area contributed by atoms with E-state index < -0.39 is 11.9 Å². The minimum absolute atomic E-state index is 0.0515. The molecule has 2 heterocycles. The fraction of sp³-hybridized carbons (Fsp3) is 0.636. The summed E-state index contributed by atoms with van der Waals surface area (Å²) in [6.07, 6.45) is -2.98. The number of anilines is 2. The minimum Gasteiger partial charge on any atom is -0.381 e. The predicted molar refractivity (Wildman–Crippen MR) is 64.0 cm³/mol. The molecule has 19 heavy (non-hydrogen) atoms. The second-order valence-corrected chi connectivity index (χ2v) is 4.24. The molecule has 8 heteroatoms. The first kappa shape index (κ1) is 13.9. The number of ether oxygens (including phenoxy) is 1. The number of aromatic nitrogens is 2. The lowest BCUT2D eigenvalue weighted by atomic mass is 10.1. The summed E-state index contributed by atoms with van der Waals surface area (Å²) < 4.78 is 43.3. The van der Waals surface area contributed by atoms with Gasteiger partial charge in [0.05, 0.1) is 0 Å². The van der Waals surface area contributed by atoms with Gasteiger partial charge in [0.15, 0.2) is 5.69 Å². The van der Waals surface area contributed by atoms with Crippen molar-refractivity contribution < 1.29 is 17.9 Å². The van der Waals surface area contributed by atoms with Crippen LogP contribution in [0.15, 0.2) is 6.07 Å². The van der Waals surface area contributed by atoms with Crippen LogP contribution < -0.4 is 10.6 Å². The van der Waals surface area contributed by atoms with E-state index in [1.165, 1.54) is 7.05 Å². The second kappa shape index (κ2) is 5.60. The van der Waals surface area contributed by atoms with Gasteiger partial charge in [0, 0.05) is 32.4 Å². The van der Waals surface area contributed by atoms with Crippen LogP contribution in [0.3, 0.4) is 0 Å². The quantitative estimate of drug-likeness (QED) is 0.885. The molecule has 0 atom stereocenters. The van der Waals surface area contributed by atoms with Crippen LogP contribution in [0.25, 0.3) is 0 Å². The zero-order valence-corrected chi connectivity index (χ0v) is 10.4. The van der Waals surface area contributed by atoms with Crippen molar-refractivity contribution >= 4 is 11.8 Å². The predicted octanol–water partition coefficient (Wildman–Crippen LogP) is 2.13. The number of hydrogen-bond acceptors (Lipinski definition) is 5. The first-order valence-electron chi connectivity index (χ1n) is 5.97. The van der Waals surface area contributed by atoms with E-state index in [0.29, 0.717) is 13.2 Å². The first-order valence-corrected chi connectivity index (χ1v) is 5.97. The Kier molecular flexibility index (Phi) is 4.08. The third-order valence-electron chi connectivity index (χ3n) is 2.81. The maximum atomic E-state index is 12.7. The molecule has 0 saturated carbocycles. The maximum Gasteiger partial charge on any atom is 0.433 e. The molecule has 0 spiro atoms. The molecule has 1 aromatic rings. The lowest BCUT2D eigenvalue weighted by molar-refractivity contribution is -0.141. The van der Waals surface area contributed by atoms with Crippen LogP contribution in [0.2, 0.25) is 0 Å². The van der Waals surface area contributed by atoms with Crippen LogP contribution in [0.1, 0.15) is 18.5 Å². The van der Waals surface area contributed by atoms with E-state index in [-0.39, 0.29) is 17.8 Å². The van der Waals surface area contributed by atoms with E-state index in [1.54, 1.807) is 0 Å². The van der Waals surface area contributed by atoms with Gasteiger partial charge in [-0.05, 0) is 12.8 Å². The first-order chi connectivity index (χ1) is 8.99. The average Bonchev–Trinajstić information content (AvgIpc) is 2.38. The Morgan fingerprint density at radius 1 is 1.26 bits per heavy atom. The number of rotatable bonds is 3. The lowest BCUT2D eigenvalue weighted by Gasteiger charge is -2.24. The highest BCUT2D eigenvalue weighted by atomic mass is 19.4. The summed E-state index contributed by atoms with van der Waals surface area (Å²) in [4.78, 5) is 7.39. The van der Waals surface area contributed by atoms with Crippen molar-refractivity contribution in [3.8, 4) is 0 Å². The van der Waals surface area contributed by atoms with Crippen molar-refractivity contribution in [3.63, 3.8) is 0 Å². The SMILES string of the molecule is CNc1nc(NC2CCOCC2)cc(C(F)(F)F)n1. The maximum absolute atomic E-state index is 12.7. The normalized spacial score (nSPS) is 17.3. The Morgan fingerprint density at radius 2 is 1.95 bits per heavy atom. The van der Waals surface area contributed by atoms with Crippen LogP contribution in [-0.4, -0.2) is 36.3 Å². The summed E-state index contributed by atoms with van der Waals surface area (Å²) in [6.45, 7) is 1.21. The molecule has 0 aliphatic carbocycles. The zero-order chi connectivity index (χ0) is 13.9. The molecule has 1 aromatic heterocycles. The molecule has 1 aliphatic heterocycles. The van der Waals surface area contributed by atoms with Gasteiger partial charge in [-0.3, -0.25) is 0 Å². The largest absolute Gasteiger partial charge is 0.433 e. The number of halogens is 3. The van der Waals surface area contributed by atoms with Gasteiger partial charge >= 0.3 is 6.18 Å². The van der Waals surface area contributed by atoms with Gasteiger partial charge in [0.25, 0.3) is 0 Å². The fourth-order valence-electron chi connectivity index (χ4n) is 1.83. The molecule has 1 aliphatic rings. The summed E-state index contributed by atoms with van der Waals surface area (Å²) >= 11 is 0. The van der Waals surface area contributed by atoms with Crippen molar-refractivity contribution in [2.24, 2.45) is 0 Å². The van der Waals surface area contributed by atoms with Crippen LogP contribution in [-0.2, 0) is 10.9 Å². The third kappa shape index (κ3) is 3.69. The molecule has 0 amide bonds. The molecule has 2 rings (SSSR count). The highest BCUT2D eigenvalue weighted by Crippen LogP contribution is 2.30. The summed E-state index contributed by atoms with van der Waals surface area (Å²) in [6, 6.07) is 1.01. The van der Waals surface area contributed by atoms with E-state index in [4.69, 9.17) is 4.74 Å². The Bertz CT molecular complexity index is 432. The average molecular weight is 276 g/mol. The van der Waals surface area contributed by atoms with Crippen molar-refractivity contribution in [1.82, 2.24) is 9.97 Å². The minimum atomic E-state index is -4.49. The van der Waals surface area contributed by atoms with Crippen molar-refractivity contribution in [1.29, 1.82) is 0 Å². The molecular formula is C11H15F3N4O. The molecule has 1 saturated heterocycles. The fourth-order valence-corrected chi connectivity index (χ4v) is 1.83. The lowest BCUT2D eigenvalue weighted by Crippen LogP contribution is -2.28. The number of nitrogens with zero attached hydrogens (tertiary/aromatic N) is 2. The van der Waals surface area contributed by atoms with Crippen LogP contribution >= 0.6 is 0 Å². The third-order valence-corrected chi connectivity index (χ3v) is 2.81. The second-order valence-electron chi connectivity index (χ2n) is 4.24. The smallest absolute Gasteiger partial charge is 0.381 e. The zero-order valence-electron chi connectivity index (χ0n) is 10.4. The molecule has 106 valence electrons. The summed E-state index contributed by atoms with van der Waals surface area (Å²) in [7, 11) is 1.48. The topological polar surface area (TPSA) is 59.1 Å². The van der Waals surface area contributed by atoms with Crippen molar-refractivity contribution in [2.45, 2.75) is 25.1 Å². The van der Waals surface area contributed by atoms with Gasteiger partial charge in [-0.2, -0.15) is 18.2 Å². The van der Waals surface area contributed by atoms with Gasteiger partial charge in [-0.25, -0.2) is 4.98 Å². The summed E-state index contributed by atoms with van der Waals surface area (Å²) in [5.74, 6) is 0.128. The van der Waals surface area contributed by atoms with Gasteiger partial charge in [0.1, 0.15) is 5.82 Å². The van der Waals surface area contributed by atoms with Gasteiger partial charge in [-0.1, -0.05) is 0 Å². The van der Waals surface area contributed by atoms with E-state index in [1.807, 2.05) is 0 Å². The van der Waals surface area contributed by atoms with Crippen molar-refractivity contribution in [2.75, 3.05) is 30.9 Å². The Labute approximate surface area is 108 Å². The Morgan fingerprint density at radius 3 is 2.53 bits per heavy atom. The molecule has 0 bridgehead atoms. The molecular weight excluding hydrogens is 261 g/mol. The molecule has 0 aromatic carbocycles. The van der Waals surface area contributed by atoms with Crippen LogP contribution in [0.5, 0.6) is 0 Å². The standard InChI is InChI=1S/C11H15F3N4O/c1-15-10-17-8(11(12,13)14)6-9(18-10)16-7-2-4-19-5-3-7/h6-7H,2-5H2,1H3,(H2,15,16,17,18). The molecule has 1 fully saturated rings. The van der Waals surface area contributed by atoms with Gasteiger partial charge < -0.3 is 15.4 Å². The van der Waals surface area contributed by atoms with Crippen LogP contribution in [0, 0.1) is 0 Å². The van der Waals surface area contributed by atoms with Gasteiger partial charge in [0.2, 0.25) is 5.95 Å².